The predicted molar refractivity (Wildman–Crippen MR) is 79.0 cm³/mol. The number of carbonyl (C=O) groups excluding carboxylic acids is 1. The highest BCUT2D eigenvalue weighted by molar-refractivity contribution is 5.82. The molecule has 0 aromatic carbocycles. The van der Waals surface area contributed by atoms with Gasteiger partial charge in [0.05, 0.1) is 5.41 Å². The van der Waals surface area contributed by atoms with Crippen molar-refractivity contribution in [2.24, 2.45) is 10.8 Å². The fourth-order valence-electron chi connectivity index (χ4n) is 3.76. The van der Waals surface area contributed by atoms with Crippen LogP contribution in [-0.2, 0) is 4.79 Å². The first-order chi connectivity index (χ1) is 9.05. The Morgan fingerprint density at radius 2 is 1.79 bits per heavy atom. The van der Waals surface area contributed by atoms with Gasteiger partial charge >= 0.3 is 0 Å². The molecule has 0 spiro atoms. The van der Waals surface area contributed by atoms with Gasteiger partial charge in [-0.25, -0.2) is 0 Å². The number of likely N-dealkylation sites (tertiary alicyclic amines) is 1. The highest BCUT2D eigenvalue weighted by atomic mass is 16.2. The van der Waals surface area contributed by atoms with E-state index < -0.39 is 0 Å². The maximum absolute atomic E-state index is 12.7. The fraction of sp³-hybridized carbons (Fsp3) is 0.938. The van der Waals surface area contributed by atoms with Crippen LogP contribution in [0.5, 0.6) is 0 Å². The van der Waals surface area contributed by atoms with Gasteiger partial charge in [-0.15, -0.1) is 0 Å². The van der Waals surface area contributed by atoms with E-state index in [0.717, 1.165) is 39.0 Å². The van der Waals surface area contributed by atoms with Gasteiger partial charge in [0.1, 0.15) is 0 Å². The molecule has 0 aromatic rings. The summed E-state index contributed by atoms with van der Waals surface area (Å²) in [7, 11) is 0. The normalized spacial score (nSPS) is 31.2. The number of piperidine rings is 2. The Hall–Kier alpha value is -0.570. The van der Waals surface area contributed by atoms with Crippen molar-refractivity contribution in [3.8, 4) is 0 Å². The van der Waals surface area contributed by atoms with Crippen LogP contribution in [-0.4, -0.2) is 37.0 Å². The summed E-state index contributed by atoms with van der Waals surface area (Å²) in [6.45, 7) is 10.6. The lowest BCUT2D eigenvalue weighted by molar-refractivity contribution is -0.144. The molecule has 110 valence electrons. The topological polar surface area (TPSA) is 32.3 Å². The Morgan fingerprint density at radius 3 is 2.26 bits per heavy atom. The lowest BCUT2D eigenvalue weighted by Gasteiger charge is -2.44. The Morgan fingerprint density at radius 1 is 1.16 bits per heavy atom. The lowest BCUT2D eigenvalue weighted by Crippen LogP contribution is -2.53. The molecule has 0 saturated carbocycles. The molecule has 2 saturated heterocycles. The van der Waals surface area contributed by atoms with Gasteiger partial charge < -0.3 is 10.2 Å². The zero-order chi connectivity index (χ0) is 13.9. The molecule has 2 fully saturated rings. The average Bonchev–Trinajstić information content (AvgIpc) is 2.47. The van der Waals surface area contributed by atoms with Gasteiger partial charge in [-0.05, 0) is 44.6 Å². The summed E-state index contributed by atoms with van der Waals surface area (Å²) in [4.78, 5) is 14.9. The Kier molecular flexibility index (Phi) is 4.54. The third kappa shape index (κ3) is 2.96. The van der Waals surface area contributed by atoms with Crippen LogP contribution in [0.4, 0.5) is 0 Å². The summed E-state index contributed by atoms with van der Waals surface area (Å²) in [6, 6.07) is 0. The van der Waals surface area contributed by atoms with Gasteiger partial charge in [0.25, 0.3) is 0 Å². The second kappa shape index (κ2) is 5.82. The minimum absolute atomic E-state index is 0.156. The van der Waals surface area contributed by atoms with Crippen LogP contribution in [0, 0.1) is 10.8 Å². The number of carbonyl (C=O) groups is 1. The molecular weight excluding hydrogens is 236 g/mol. The van der Waals surface area contributed by atoms with E-state index in [2.05, 4.69) is 31.0 Å². The molecule has 0 bridgehead atoms. The molecule has 2 aliphatic rings. The molecule has 2 rings (SSSR count). The molecule has 0 radical (unpaired) electrons. The van der Waals surface area contributed by atoms with Gasteiger partial charge in [-0.2, -0.15) is 0 Å². The van der Waals surface area contributed by atoms with Crippen LogP contribution in [0.15, 0.2) is 0 Å². The highest BCUT2D eigenvalue weighted by Gasteiger charge is 2.40. The van der Waals surface area contributed by atoms with Crippen molar-refractivity contribution in [3.05, 3.63) is 0 Å². The van der Waals surface area contributed by atoms with Crippen molar-refractivity contribution < 1.29 is 4.79 Å². The molecule has 1 N–H and O–H groups in total. The Balaban J connectivity index is 1.95. The lowest BCUT2D eigenvalue weighted by atomic mass is 9.73. The Labute approximate surface area is 118 Å². The van der Waals surface area contributed by atoms with Gasteiger partial charge in [-0.1, -0.05) is 26.7 Å². The van der Waals surface area contributed by atoms with Crippen LogP contribution in [0.3, 0.4) is 0 Å². The molecule has 1 atom stereocenters. The first-order valence-corrected chi connectivity index (χ1v) is 8.05. The third-order valence-corrected chi connectivity index (χ3v) is 5.72. The summed E-state index contributed by atoms with van der Waals surface area (Å²) in [5, 5.41) is 3.39. The predicted octanol–water partition coefficient (Wildman–Crippen LogP) is 2.80. The van der Waals surface area contributed by atoms with Gasteiger partial charge in [0.15, 0.2) is 0 Å². The summed E-state index contributed by atoms with van der Waals surface area (Å²) >= 11 is 0. The largest absolute Gasteiger partial charge is 0.342 e. The molecule has 1 unspecified atom stereocenters. The fourth-order valence-corrected chi connectivity index (χ4v) is 3.76. The second-order valence-corrected chi connectivity index (χ2v) is 6.84. The summed E-state index contributed by atoms with van der Waals surface area (Å²) in [6.07, 6.45) is 7.06. The molecule has 2 aliphatic heterocycles. The SMILES string of the molecule is CCC1(CC)CCN(C(=O)C2(C)CCCNC2)CC1. The van der Waals surface area contributed by atoms with Crippen molar-refractivity contribution >= 4 is 5.91 Å². The molecule has 3 heteroatoms. The van der Waals surface area contributed by atoms with E-state index in [1.807, 2.05) is 0 Å². The highest BCUT2D eigenvalue weighted by Crippen LogP contribution is 2.39. The maximum atomic E-state index is 12.7. The monoisotopic (exact) mass is 266 g/mol. The van der Waals surface area contributed by atoms with E-state index in [9.17, 15) is 4.79 Å². The minimum Gasteiger partial charge on any atom is -0.342 e. The summed E-state index contributed by atoms with van der Waals surface area (Å²) in [5.41, 5.74) is 0.346. The zero-order valence-corrected chi connectivity index (χ0v) is 12.9. The Bertz CT molecular complexity index is 307. The number of nitrogens with one attached hydrogen (secondary N) is 1. The van der Waals surface area contributed by atoms with E-state index in [4.69, 9.17) is 0 Å². The molecule has 3 nitrogen and oxygen atoms in total. The van der Waals surface area contributed by atoms with Crippen LogP contribution in [0.25, 0.3) is 0 Å². The zero-order valence-electron chi connectivity index (χ0n) is 12.9. The quantitative estimate of drug-likeness (QED) is 0.852. The van der Waals surface area contributed by atoms with E-state index in [1.54, 1.807) is 0 Å². The number of amides is 1. The van der Waals surface area contributed by atoms with Crippen molar-refractivity contribution in [1.29, 1.82) is 0 Å². The minimum atomic E-state index is -0.156. The molecule has 1 amide bonds. The van der Waals surface area contributed by atoms with E-state index >= 15 is 0 Å². The molecular formula is C16H30N2O. The third-order valence-electron chi connectivity index (χ3n) is 5.72. The van der Waals surface area contributed by atoms with Gasteiger partial charge in [0, 0.05) is 19.6 Å². The first kappa shape index (κ1) is 14.8. The van der Waals surface area contributed by atoms with Crippen molar-refractivity contribution in [2.45, 2.75) is 59.3 Å². The molecule has 19 heavy (non-hydrogen) atoms. The second-order valence-electron chi connectivity index (χ2n) is 6.84. The number of hydrogen-bond acceptors (Lipinski definition) is 2. The summed E-state index contributed by atoms with van der Waals surface area (Å²) < 4.78 is 0. The molecule has 0 aromatic heterocycles. The molecule has 2 heterocycles. The average molecular weight is 266 g/mol. The standard InChI is InChI=1S/C16H30N2O/c1-4-16(5-2)8-11-18(12-9-16)14(19)15(3)7-6-10-17-13-15/h17H,4-13H2,1-3H3. The van der Waals surface area contributed by atoms with Gasteiger partial charge in [0.2, 0.25) is 5.91 Å². The summed E-state index contributed by atoms with van der Waals surface area (Å²) in [5.74, 6) is 0.389. The number of hydrogen-bond donors (Lipinski definition) is 1. The van der Waals surface area contributed by atoms with Crippen LogP contribution >= 0.6 is 0 Å². The maximum Gasteiger partial charge on any atom is 0.229 e. The van der Waals surface area contributed by atoms with E-state index in [0.29, 0.717) is 11.3 Å². The van der Waals surface area contributed by atoms with E-state index in [1.165, 1.54) is 25.7 Å². The van der Waals surface area contributed by atoms with Crippen molar-refractivity contribution in [2.75, 3.05) is 26.2 Å². The van der Waals surface area contributed by atoms with Crippen molar-refractivity contribution in [1.82, 2.24) is 10.2 Å². The number of rotatable bonds is 3. The van der Waals surface area contributed by atoms with Crippen molar-refractivity contribution in [3.63, 3.8) is 0 Å². The van der Waals surface area contributed by atoms with Crippen LogP contribution < -0.4 is 5.32 Å². The first-order valence-electron chi connectivity index (χ1n) is 8.05. The van der Waals surface area contributed by atoms with Crippen LogP contribution in [0.1, 0.15) is 59.3 Å². The smallest absolute Gasteiger partial charge is 0.229 e. The van der Waals surface area contributed by atoms with Gasteiger partial charge in [-0.3, -0.25) is 4.79 Å². The number of nitrogens with zero attached hydrogens (tertiary/aromatic N) is 1. The molecule has 0 aliphatic carbocycles. The van der Waals surface area contributed by atoms with E-state index in [-0.39, 0.29) is 5.41 Å². The van der Waals surface area contributed by atoms with Crippen LogP contribution in [0.2, 0.25) is 0 Å².